The number of benzene rings is 1. The third-order valence-corrected chi connectivity index (χ3v) is 4.22. The number of nitrogens with two attached hydrogens (primary N) is 1. The summed E-state index contributed by atoms with van der Waals surface area (Å²) in [4.78, 5) is 14.2. The van der Waals surface area contributed by atoms with Crippen LogP contribution in [0.1, 0.15) is 24.0 Å². The molecule has 0 spiro atoms. The highest BCUT2D eigenvalue weighted by Crippen LogP contribution is 2.37. The molecule has 1 aromatic carbocycles. The molecule has 1 aliphatic heterocycles. The van der Waals surface area contributed by atoms with Crippen LogP contribution in [0.5, 0.6) is 11.5 Å². The molecular formula is C15H20N2O3. The Bertz CT molecular complexity index is 552. The van der Waals surface area contributed by atoms with Crippen molar-refractivity contribution in [3.8, 4) is 11.5 Å². The first-order valence-corrected chi connectivity index (χ1v) is 6.89. The maximum Gasteiger partial charge on any atom is 0.242 e. The molecule has 0 radical (unpaired) electrons. The highest BCUT2D eigenvalue weighted by Gasteiger charge is 2.48. The molecule has 20 heavy (non-hydrogen) atoms. The van der Waals surface area contributed by atoms with Gasteiger partial charge in [-0.25, -0.2) is 0 Å². The van der Waals surface area contributed by atoms with Crippen molar-refractivity contribution in [1.82, 2.24) is 4.90 Å². The monoisotopic (exact) mass is 276 g/mol. The van der Waals surface area contributed by atoms with Crippen LogP contribution in [0.3, 0.4) is 0 Å². The molecular weight excluding hydrogens is 256 g/mol. The number of amides is 1. The maximum atomic E-state index is 12.3. The van der Waals surface area contributed by atoms with Crippen LogP contribution < -0.4 is 15.2 Å². The minimum atomic E-state index is -0.589. The van der Waals surface area contributed by atoms with Gasteiger partial charge >= 0.3 is 0 Å². The van der Waals surface area contributed by atoms with Crippen molar-refractivity contribution < 1.29 is 14.3 Å². The second kappa shape index (κ2) is 4.66. The summed E-state index contributed by atoms with van der Waals surface area (Å²) in [6.45, 7) is 1.33. The Hall–Kier alpha value is -1.75. The van der Waals surface area contributed by atoms with E-state index in [1.54, 1.807) is 14.2 Å². The van der Waals surface area contributed by atoms with Gasteiger partial charge in [0.1, 0.15) is 0 Å². The van der Waals surface area contributed by atoms with Gasteiger partial charge in [0.25, 0.3) is 0 Å². The Morgan fingerprint density at radius 2 is 1.80 bits per heavy atom. The van der Waals surface area contributed by atoms with Crippen molar-refractivity contribution in [2.75, 3.05) is 20.8 Å². The quantitative estimate of drug-likeness (QED) is 0.897. The van der Waals surface area contributed by atoms with Crippen molar-refractivity contribution in [3.05, 3.63) is 23.3 Å². The summed E-state index contributed by atoms with van der Waals surface area (Å²) in [5, 5.41) is 0. The Morgan fingerprint density at radius 1 is 1.20 bits per heavy atom. The highest BCUT2D eigenvalue weighted by atomic mass is 16.5. The molecule has 0 unspecified atom stereocenters. The topological polar surface area (TPSA) is 64.8 Å². The zero-order valence-electron chi connectivity index (χ0n) is 11.9. The van der Waals surface area contributed by atoms with Crippen molar-refractivity contribution in [2.24, 2.45) is 5.73 Å². The fourth-order valence-corrected chi connectivity index (χ4v) is 2.72. The van der Waals surface area contributed by atoms with Crippen LogP contribution in [-0.4, -0.2) is 37.1 Å². The summed E-state index contributed by atoms with van der Waals surface area (Å²) in [5.74, 6) is 1.52. The maximum absolute atomic E-state index is 12.3. The molecule has 0 saturated heterocycles. The van der Waals surface area contributed by atoms with Gasteiger partial charge in [0.15, 0.2) is 11.5 Å². The Kier molecular flexibility index (Phi) is 3.09. The van der Waals surface area contributed by atoms with Crippen LogP contribution in [-0.2, 0) is 17.8 Å². The van der Waals surface area contributed by atoms with E-state index in [2.05, 4.69) is 0 Å². The smallest absolute Gasteiger partial charge is 0.242 e. The van der Waals surface area contributed by atoms with Crippen molar-refractivity contribution in [3.63, 3.8) is 0 Å². The van der Waals surface area contributed by atoms with Crippen molar-refractivity contribution in [1.29, 1.82) is 0 Å². The van der Waals surface area contributed by atoms with Gasteiger partial charge in [-0.3, -0.25) is 4.79 Å². The Labute approximate surface area is 118 Å². The Morgan fingerprint density at radius 3 is 2.35 bits per heavy atom. The average Bonchev–Trinajstić information content (AvgIpc) is 3.23. The summed E-state index contributed by atoms with van der Waals surface area (Å²) in [5.41, 5.74) is 7.75. The fourth-order valence-electron chi connectivity index (χ4n) is 2.72. The van der Waals surface area contributed by atoms with E-state index in [1.807, 2.05) is 17.0 Å². The van der Waals surface area contributed by atoms with Crippen LogP contribution >= 0.6 is 0 Å². The molecule has 1 aromatic rings. The van der Waals surface area contributed by atoms with Gasteiger partial charge in [0.2, 0.25) is 5.91 Å². The first-order chi connectivity index (χ1) is 9.57. The van der Waals surface area contributed by atoms with Crippen LogP contribution in [0.2, 0.25) is 0 Å². The van der Waals surface area contributed by atoms with E-state index in [4.69, 9.17) is 15.2 Å². The van der Waals surface area contributed by atoms with Gasteiger partial charge < -0.3 is 20.1 Å². The number of hydrogen-bond donors (Lipinski definition) is 1. The summed E-state index contributed by atoms with van der Waals surface area (Å²) in [6, 6.07) is 3.97. The Balaban J connectivity index is 1.85. The lowest BCUT2D eigenvalue weighted by Crippen LogP contribution is -2.47. The molecule has 1 aliphatic carbocycles. The average molecular weight is 276 g/mol. The van der Waals surface area contributed by atoms with Gasteiger partial charge in [-0.2, -0.15) is 0 Å². The molecule has 1 fully saturated rings. The molecule has 2 aliphatic rings. The molecule has 1 amide bonds. The van der Waals surface area contributed by atoms with Gasteiger partial charge in [-0.1, -0.05) is 0 Å². The number of rotatable bonds is 3. The largest absolute Gasteiger partial charge is 0.493 e. The summed E-state index contributed by atoms with van der Waals surface area (Å²) < 4.78 is 10.6. The number of carbonyl (C=O) groups excluding carboxylic acids is 1. The lowest BCUT2D eigenvalue weighted by atomic mass is 9.98. The molecule has 5 heteroatoms. The normalized spacial score (nSPS) is 19.2. The predicted molar refractivity (Wildman–Crippen MR) is 74.8 cm³/mol. The van der Waals surface area contributed by atoms with Crippen LogP contribution in [0, 0.1) is 0 Å². The van der Waals surface area contributed by atoms with E-state index < -0.39 is 5.54 Å². The minimum absolute atomic E-state index is 0.0814. The van der Waals surface area contributed by atoms with Crippen LogP contribution in [0.25, 0.3) is 0 Å². The van der Waals surface area contributed by atoms with E-state index in [0.29, 0.717) is 12.3 Å². The third kappa shape index (κ3) is 2.12. The number of fused-ring (bicyclic) bond motifs is 1. The summed E-state index contributed by atoms with van der Waals surface area (Å²) in [6.07, 6.45) is 2.44. The number of nitrogens with zero attached hydrogens (tertiary/aromatic N) is 1. The molecule has 1 heterocycles. The molecule has 1 saturated carbocycles. The summed E-state index contributed by atoms with van der Waals surface area (Å²) >= 11 is 0. The van der Waals surface area contributed by atoms with Gasteiger partial charge in [0, 0.05) is 13.1 Å². The predicted octanol–water partition coefficient (Wildman–Crippen LogP) is 1.08. The van der Waals surface area contributed by atoms with Gasteiger partial charge in [-0.05, 0) is 42.5 Å². The molecule has 0 aromatic heterocycles. The van der Waals surface area contributed by atoms with Crippen LogP contribution in [0.15, 0.2) is 12.1 Å². The van der Waals surface area contributed by atoms with E-state index >= 15 is 0 Å². The van der Waals surface area contributed by atoms with Crippen LogP contribution in [0.4, 0.5) is 0 Å². The first-order valence-electron chi connectivity index (χ1n) is 6.89. The van der Waals surface area contributed by atoms with E-state index in [9.17, 15) is 4.79 Å². The van der Waals surface area contributed by atoms with E-state index in [1.165, 1.54) is 5.56 Å². The second-order valence-corrected chi connectivity index (χ2v) is 5.61. The molecule has 0 bridgehead atoms. The van der Waals surface area contributed by atoms with Gasteiger partial charge in [0.05, 0.1) is 19.8 Å². The molecule has 3 rings (SSSR count). The molecule has 0 atom stereocenters. The minimum Gasteiger partial charge on any atom is -0.493 e. The third-order valence-electron chi connectivity index (χ3n) is 4.22. The lowest BCUT2D eigenvalue weighted by Gasteiger charge is -2.31. The summed E-state index contributed by atoms with van der Waals surface area (Å²) in [7, 11) is 3.25. The number of hydrogen-bond acceptors (Lipinski definition) is 4. The van der Waals surface area contributed by atoms with E-state index in [0.717, 1.165) is 37.1 Å². The fraction of sp³-hybridized carbons (Fsp3) is 0.533. The zero-order valence-corrected chi connectivity index (χ0v) is 11.9. The molecule has 108 valence electrons. The zero-order chi connectivity index (χ0) is 14.3. The number of ether oxygens (including phenoxy) is 2. The standard InChI is InChI=1S/C15H20N2O3/c1-19-12-7-10-3-6-17(14(18)15(16)4-5-15)9-11(10)8-13(12)20-2/h7-8H,3-6,9,16H2,1-2H3. The SMILES string of the molecule is COc1cc2c(cc1OC)CN(C(=O)C1(N)CC1)CC2. The first kappa shape index (κ1) is 13.2. The second-order valence-electron chi connectivity index (χ2n) is 5.61. The number of methoxy groups -OCH3 is 2. The molecule has 2 N–H and O–H groups in total. The lowest BCUT2D eigenvalue weighted by molar-refractivity contribution is -0.134. The molecule has 5 nitrogen and oxygen atoms in total. The van der Waals surface area contributed by atoms with Crippen molar-refractivity contribution >= 4 is 5.91 Å². The van der Waals surface area contributed by atoms with Gasteiger partial charge in [-0.15, -0.1) is 0 Å². The van der Waals surface area contributed by atoms with E-state index in [-0.39, 0.29) is 5.91 Å². The number of carbonyl (C=O) groups is 1. The highest BCUT2D eigenvalue weighted by molar-refractivity contribution is 5.89. The van der Waals surface area contributed by atoms with Crippen molar-refractivity contribution in [2.45, 2.75) is 31.3 Å².